The summed E-state index contributed by atoms with van der Waals surface area (Å²) in [6.07, 6.45) is 5.38. The summed E-state index contributed by atoms with van der Waals surface area (Å²) in [5.41, 5.74) is 10.0. The van der Waals surface area contributed by atoms with Crippen LogP contribution in [0, 0.1) is 0 Å². The largest absolute Gasteiger partial charge is 0.368 e. The summed E-state index contributed by atoms with van der Waals surface area (Å²) >= 11 is 0. The maximum Gasteiger partial charge on any atom is 0.220 e. The van der Waals surface area contributed by atoms with Gasteiger partial charge in [-0.05, 0) is 18.6 Å². The number of rotatable bonds is 3. The molecule has 0 saturated carbocycles. The van der Waals surface area contributed by atoms with Gasteiger partial charge in [0.25, 0.3) is 0 Å². The highest BCUT2D eigenvalue weighted by atomic mass is 15.1. The second-order valence-corrected chi connectivity index (χ2v) is 4.33. The number of nitrogens with one attached hydrogen (secondary N) is 1. The lowest BCUT2D eigenvalue weighted by Crippen LogP contribution is -2.02. The number of nitrogens with two attached hydrogens (primary N) is 1. The zero-order valence-corrected chi connectivity index (χ0v) is 10.6. The molecule has 0 amide bonds. The van der Waals surface area contributed by atoms with Gasteiger partial charge in [-0.15, -0.1) is 0 Å². The van der Waals surface area contributed by atoms with Crippen LogP contribution in [0.1, 0.15) is 19.0 Å². The number of aromatic amines is 1. The van der Waals surface area contributed by atoms with E-state index in [1.54, 1.807) is 6.20 Å². The number of pyridine rings is 1. The van der Waals surface area contributed by atoms with Gasteiger partial charge >= 0.3 is 0 Å². The van der Waals surface area contributed by atoms with E-state index in [0.717, 1.165) is 40.8 Å². The summed E-state index contributed by atoms with van der Waals surface area (Å²) < 4.78 is 0. The molecule has 0 spiro atoms. The average molecular weight is 254 g/mol. The molecule has 0 bridgehead atoms. The lowest BCUT2D eigenvalue weighted by molar-refractivity contribution is 0.885. The van der Waals surface area contributed by atoms with E-state index in [4.69, 9.17) is 5.73 Å². The topological polar surface area (TPSA) is 93.4 Å². The summed E-state index contributed by atoms with van der Waals surface area (Å²) in [5.74, 6) is 0.300. The lowest BCUT2D eigenvalue weighted by atomic mass is 10.1. The highest BCUT2D eigenvalue weighted by Crippen LogP contribution is 2.21. The first-order valence-corrected chi connectivity index (χ1v) is 6.20. The Bertz CT molecular complexity index is 704. The van der Waals surface area contributed by atoms with E-state index >= 15 is 0 Å². The van der Waals surface area contributed by atoms with Crippen LogP contribution in [-0.2, 0) is 6.42 Å². The van der Waals surface area contributed by atoms with Crippen LogP contribution >= 0.6 is 0 Å². The van der Waals surface area contributed by atoms with Crippen molar-refractivity contribution in [3.05, 3.63) is 30.2 Å². The Morgan fingerprint density at radius 1 is 1.21 bits per heavy atom. The molecule has 6 nitrogen and oxygen atoms in total. The molecule has 0 radical (unpaired) electrons. The fraction of sp³-hybridized carbons (Fsp3) is 0.231. The van der Waals surface area contributed by atoms with Crippen LogP contribution in [0.4, 0.5) is 5.95 Å². The van der Waals surface area contributed by atoms with E-state index in [9.17, 15) is 0 Å². The molecule has 19 heavy (non-hydrogen) atoms. The molecular formula is C13H14N6. The lowest BCUT2D eigenvalue weighted by Gasteiger charge is -2.06. The van der Waals surface area contributed by atoms with Gasteiger partial charge in [-0.25, -0.2) is 15.0 Å². The van der Waals surface area contributed by atoms with Gasteiger partial charge in [0.15, 0.2) is 0 Å². The zero-order valence-electron chi connectivity index (χ0n) is 10.6. The fourth-order valence-corrected chi connectivity index (χ4v) is 2.06. The van der Waals surface area contributed by atoms with E-state index in [0.29, 0.717) is 5.95 Å². The number of nitrogens with zero attached hydrogens (tertiary/aromatic N) is 4. The molecule has 3 aromatic rings. The van der Waals surface area contributed by atoms with Crippen LogP contribution in [-0.4, -0.2) is 25.1 Å². The van der Waals surface area contributed by atoms with Crippen molar-refractivity contribution < 1.29 is 0 Å². The fourth-order valence-electron chi connectivity index (χ4n) is 2.06. The van der Waals surface area contributed by atoms with Crippen LogP contribution in [0.5, 0.6) is 0 Å². The molecular weight excluding hydrogens is 240 g/mol. The summed E-state index contributed by atoms with van der Waals surface area (Å²) in [6.45, 7) is 2.10. The van der Waals surface area contributed by atoms with Crippen molar-refractivity contribution in [2.24, 2.45) is 0 Å². The number of H-pyrrole nitrogens is 1. The van der Waals surface area contributed by atoms with Gasteiger partial charge in [0.05, 0.1) is 23.1 Å². The van der Waals surface area contributed by atoms with Gasteiger partial charge in [-0.1, -0.05) is 13.3 Å². The molecule has 0 fully saturated rings. The van der Waals surface area contributed by atoms with Gasteiger partial charge < -0.3 is 5.73 Å². The van der Waals surface area contributed by atoms with Crippen molar-refractivity contribution >= 4 is 17.0 Å². The number of nitrogen functional groups attached to an aromatic ring is 1. The molecule has 0 saturated heterocycles. The van der Waals surface area contributed by atoms with Gasteiger partial charge in [-0.3, -0.25) is 5.10 Å². The number of aromatic nitrogens is 5. The number of fused-ring (bicyclic) bond motifs is 1. The third-order valence-corrected chi connectivity index (χ3v) is 2.91. The van der Waals surface area contributed by atoms with Gasteiger partial charge in [0.2, 0.25) is 5.95 Å². The Morgan fingerprint density at radius 2 is 2.11 bits per heavy atom. The SMILES string of the molecule is CCCc1nc(N)nc2ccc(-c3cn[nH]c3)nc12. The third kappa shape index (κ3) is 2.12. The molecule has 0 aliphatic heterocycles. The minimum absolute atomic E-state index is 0.300. The Labute approximate surface area is 110 Å². The normalized spacial score (nSPS) is 11.0. The molecule has 0 aliphatic carbocycles. The number of aryl methyl sites for hydroxylation is 1. The summed E-state index contributed by atoms with van der Waals surface area (Å²) in [6, 6.07) is 3.83. The van der Waals surface area contributed by atoms with Crippen molar-refractivity contribution in [1.82, 2.24) is 25.1 Å². The van der Waals surface area contributed by atoms with E-state index in [1.165, 1.54) is 0 Å². The molecule has 3 rings (SSSR count). The maximum atomic E-state index is 5.72. The molecule has 6 heteroatoms. The summed E-state index contributed by atoms with van der Waals surface area (Å²) in [4.78, 5) is 13.2. The minimum Gasteiger partial charge on any atom is -0.368 e. The summed E-state index contributed by atoms with van der Waals surface area (Å²) in [7, 11) is 0. The summed E-state index contributed by atoms with van der Waals surface area (Å²) in [5, 5.41) is 6.72. The molecule has 0 aliphatic rings. The monoisotopic (exact) mass is 254 g/mol. The predicted molar refractivity (Wildman–Crippen MR) is 73.3 cm³/mol. The van der Waals surface area contributed by atoms with Crippen LogP contribution in [0.25, 0.3) is 22.3 Å². The van der Waals surface area contributed by atoms with Gasteiger partial charge in [0, 0.05) is 11.8 Å². The number of anilines is 1. The quantitative estimate of drug-likeness (QED) is 0.745. The second kappa shape index (κ2) is 4.64. The van der Waals surface area contributed by atoms with Crippen molar-refractivity contribution in [3.8, 4) is 11.3 Å². The van der Waals surface area contributed by atoms with Crippen LogP contribution < -0.4 is 5.73 Å². The first-order valence-electron chi connectivity index (χ1n) is 6.20. The maximum absolute atomic E-state index is 5.72. The zero-order chi connectivity index (χ0) is 13.2. The number of hydrogen-bond donors (Lipinski definition) is 2. The minimum atomic E-state index is 0.300. The molecule has 0 unspecified atom stereocenters. The van der Waals surface area contributed by atoms with Crippen LogP contribution in [0.2, 0.25) is 0 Å². The first-order chi connectivity index (χ1) is 9.28. The van der Waals surface area contributed by atoms with Crippen molar-refractivity contribution in [1.29, 1.82) is 0 Å². The molecule has 3 aromatic heterocycles. The van der Waals surface area contributed by atoms with Crippen LogP contribution in [0.15, 0.2) is 24.5 Å². The third-order valence-electron chi connectivity index (χ3n) is 2.91. The Balaban J connectivity index is 2.20. The second-order valence-electron chi connectivity index (χ2n) is 4.33. The van der Waals surface area contributed by atoms with E-state index in [-0.39, 0.29) is 0 Å². The molecule has 3 heterocycles. The Kier molecular flexibility index (Phi) is 2.83. The van der Waals surface area contributed by atoms with Crippen molar-refractivity contribution in [2.75, 3.05) is 5.73 Å². The molecule has 0 atom stereocenters. The highest BCUT2D eigenvalue weighted by Gasteiger charge is 2.09. The first kappa shape index (κ1) is 11.6. The Hall–Kier alpha value is -2.50. The average Bonchev–Trinajstić information content (AvgIpc) is 2.92. The molecule has 3 N–H and O–H groups in total. The van der Waals surface area contributed by atoms with E-state index in [2.05, 4.69) is 32.1 Å². The Morgan fingerprint density at radius 3 is 2.84 bits per heavy atom. The highest BCUT2D eigenvalue weighted by molar-refractivity contribution is 5.80. The van der Waals surface area contributed by atoms with Crippen molar-refractivity contribution in [3.63, 3.8) is 0 Å². The van der Waals surface area contributed by atoms with E-state index < -0.39 is 0 Å². The van der Waals surface area contributed by atoms with Crippen LogP contribution in [0.3, 0.4) is 0 Å². The number of hydrogen-bond acceptors (Lipinski definition) is 5. The predicted octanol–water partition coefficient (Wildman–Crippen LogP) is 1.95. The van der Waals surface area contributed by atoms with Crippen molar-refractivity contribution in [2.45, 2.75) is 19.8 Å². The van der Waals surface area contributed by atoms with Gasteiger partial charge in [0.1, 0.15) is 5.52 Å². The van der Waals surface area contributed by atoms with Gasteiger partial charge in [-0.2, -0.15) is 5.10 Å². The van der Waals surface area contributed by atoms with E-state index in [1.807, 2.05) is 18.3 Å². The standard InChI is InChI=1S/C13H14N6/c1-2-3-10-12-11(19-13(14)18-10)5-4-9(17-12)8-6-15-16-7-8/h4-7H,2-3H2,1H3,(H,15,16)(H2,14,18,19). The smallest absolute Gasteiger partial charge is 0.220 e. The molecule has 0 aromatic carbocycles. The molecule has 96 valence electrons.